The van der Waals surface area contributed by atoms with Gasteiger partial charge in [-0.25, -0.2) is 4.99 Å². The van der Waals surface area contributed by atoms with Gasteiger partial charge in [0, 0.05) is 13.1 Å². The van der Waals surface area contributed by atoms with E-state index in [1.54, 1.807) is 0 Å². The van der Waals surface area contributed by atoms with E-state index in [0.717, 1.165) is 30.8 Å². The van der Waals surface area contributed by atoms with Crippen molar-refractivity contribution in [1.29, 1.82) is 0 Å². The van der Waals surface area contributed by atoms with Gasteiger partial charge in [0.2, 0.25) is 5.96 Å². The van der Waals surface area contributed by atoms with Gasteiger partial charge < -0.3 is 16.4 Å². The normalized spacial score (nSPS) is 15.9. The van der Waals surface area contributed by atoms with E-state index in [1.165, 1.54) is 0 Å². The van der Waals surface area contributed by atoms with Gasteiger partial charge >= 0.3 is 0 Å². The number of benzene rings is 1. The second-order valence-electron chi connectivity index (χ2n) is 4.49. The molecule has 0 spiro atoms. The largest absolute Gasteiger partial charge is 0.369 e. The van der Waals surface area contributed by atoms with E-state index in [0.29, 0.717) is 5.96 Å². The summed E-state index contributed by atoms with van der Waals surface area (Å²) in [5.74, 6) is 0.593. The molecule has 0 saturated heterocycles. The molecule has 0 radical (unpaired) electrons. The van der Waals surface area contributed by atoms with Crippen molar-refractivity contribution in [3.8, 4) is 0 Å². The van der Waals surface area contributed by atoms with Crippen molar-refractivity contribution >= 4 is 30.0 Å². The summed E-state index contributed by atoms with van der Waals surface area (Å²) in [5, 5.41) is 0. The molecule has 0 aromatic heterocycles. The van der Waals surface area contributed by atoms with Gasteiger partial charge in [0.1, 0.15) is 0 Å². The highest BCUT2D eigenvalue weighted by molar-refractivity contribution is 5.94. The Morgan fingerprint density at radius 1 is 1.25 bits per heavy atom. The van der Waals surface area contributed by atoms with Crippen molar-refractivity contribution in [2.45, 2.75) is 13.3 Å². The summed E-state index contributed by atoms with van der Waals surface area (Å²) >= 11 is 0. The van der Waals surface area contributed by atoms with E-state index >= 15 is 0 Å². The van der Waals surface area contributed by atoms with Crippen LogP contribution in [0, 0.1) is 6.92 Å². The summed E-state index contributed by atoms with van der Waals surface area (Å²) in [4.78, 5) is 10.3. The molecule has 108 valence electrons. The van der Waals surface area contributed by atoms with Gasteiger partial charge in [-0.2, -0.15) is 4.99 Å². The Kier molecular flexibility index (Phi) is 6.06. The van der Waals surface area contributed by atoms with E-state index in [4.69, 9.17) is 11.5 Å². The van der Waals surface area contributed by atoms with Gasteiger partial charge in [-0.3, -0.25) is 0 Å². The second-order valence-corrected chi connectivity index (χ2v) is 4.49. The van der Waals surface area contributed by atoms with Crippen LogP contribution in [0.1, 0.15) is 12.0 Å². The number of hydrogen-bond acceptors (Lipinski definition) is 1. The number of aryl methyl sites for hydroxylation is 1. The minimum atomic E-state index is 0. The summed E-state index contributed by atoms with van der Waals surface area (Å²) in [7, 11) is 0. The quantitative estimate of drug-likeness (QED) is 0.472. The minimum absolute atomic E-state index is 0. The van der Waals surface area contributed by atoms with Crippen LogP contribution in [0.5, 0.6) is 0 Å². The van der Waals surface area contributed by atoms with Crippen molar-refractivity contribution in [3.05, 3.63) is 42.0 Å². The fourth-order valence-corrected chi connectivity index (χ4v) is 1.89. The molecule has 20 heavy (non-hydrogen) atoms. The van der Waals surface area contributed by atoms with Crippen LogP contribution in [0.25, 0.3) is 0 Å². The van der Waals surface area contributed by atoms with Crippen molar-refractivity contribution in [1.82, 2.24) is 4.90 Å². The zero-order valence-corrected chi connectivity index (χ0v) is 12.3. The maximum absolute atomic E-state index is 5.91. The third-order valence-electron chi connectivity index (χ3n) is 2.86. The number of aliphatic imine (C=N–C) groups is 2. The van der Waals surface area contributed by atoms with Crippen LogP contribution < -0.4 is 11.5 Å². The zero-order valence-electron chi connectivity index (χ0n) is 11.5. The van der Waals surface area contributed by atoms with E-state index < -0.39 is 0 Å². The van der Waals surface area contributed by atoms with Crippen LogP contribution in [-0.2, 0) is 0 Å². The average Bonchev–Trinajstić information content (AvgIpc) is 2.39. The lowest BCUT2D eigenvalue weighted by molar-refractivity contribution is 0.450. The van der Waals surface area contributed by atoms with Crippen LogP contribution in [0.3, 0.4) is 0 Å². The molecule has 5 nitrogen and oxygen atoms in total. The molecule has 0 bridgehead atoms. The van der Waals surface area contributed by atoms with E-state index in [1.807, 2.05) is 36.1 Å². The molecule has 1 aromatic carbocycles. The lowest BCUT2D eigenvalue weighted by atomic mass is 10.2. The Morgan fingerprint density at radius 2 is 2.05 bits per heavy atom. The topological polar surface area (TPSA) is 80.0 Å². The molecule has 1 aliphatic rings. The van der Waals surface area contributed by atoms with Gasteiger partial charge in [0.15, 0.2) is 5.96 Å². The highest BCUT2D eigenvalue weighted by Crippen LogP contribution is 2.13. The second kappa shape index (κ2) is 7.55. The highest BCUT2D eigenvalue weighted by atomic mass is 35.5. The van der Waals surface area contributed by atoms with Crippen LogP contribution in [0.2, 0.25) is 0 Å². The molecule has 0 aliphatic carbocycles. The van der Waals surface area contributed by atoms with Crippen molar-refractivity contribution in [2.24, 2.45) is 21.5 Å². The molecular weight excluding hydrogens is 274 g/mol. The Balaban J connectivity index is 0.00000200. The maximum Gasteiger partial charge on any atom is 0.223 e. The summed E-state index contributed by atoms with van der Waals surface area (Å²) in [6.07, 6.45) is 5.18. The maximum atomic E-state index is 5.91. The average molecular weight is 294 g/mol. The Bertz CT molecular complexity index is 536. The SMILES string of the molecule is Cc1cccc(N=C(N)N=C(N)N2CC=CCC2)c1.Cl. The van der Waals surface area contributed by atoms with E-state index in [9.17, 15) is 0 Å². The third-order valence-corrected chi connectivity index (χ3v) is 2.86. The lowest BCUT2D eigenvalue weighted by Gasteiger charge is -2.23. The molecule has 2 rings (SSSR count). The van der Waals surface area contributed by atoms with Gasteiger partial charge in [0.25, 0.3) is 0 Å². The standard InChI is InChI=1S/C14H19N5.ClH/c1-11-6-5-7-12(10-11)17-13(15)18-14(16)19-8-3-2-4-9-19;/h2-3,5-7,10H,4,8-9H2,1H3,(H4,15,16,17,18);1H. The lowest BCUT2D eigenvalue weighted by Crippen LogP contribution is -2.40. The predicted octanol–water partition coefficient (Wildman–Crippen LogP) is 1.94. The predicted molar refractivity (Wildman–Crippen MR) is 86.7 cm³/mol. The zero-order chi connectivity index (χ0) is 13.7. The number of guanidine groups is 2. The van der Waals surface area contributed by atoms with Crippen LogP contribution in [0.15, 0.2) is 46.4 Å². The van der Waals surface area contributed by atoms with Gasteiger partial charge in [-0.15, -0.1) is 12.4 Å². The molecule has 0 amide bonds. The first-order valence-corrected chi connectivity index (χ1v) is 6.30. The summed E-state index contributed by atoms with van der Waals surface area (Å²) in [6.45, 7) is 3.64. The monoisotopic (exact) mass is 293 g/mol. The molecule has 4 N–H and O–H groups in total. The first-order valence-electron chi connectivity index (χ1n) is 6.30. The van der Waals surface area contributed by atoms with Gasteiger partial charge in [-0.1, -0.05) is 24.3 Å². The van der Waals surface area contributed by atoms with E-state index in [-0.39, 0.29) is 18.4 Å². The number of nitrogens with zero attached hydrogens (tertiary/aromatic N) is 3. The van der Waals surface area contributed by atoms with Crippen LogP contribution in [0.4, 0.5) is 5.69 Å². The Hall–Kier alpha value is -2.01. The first kappa shape index (κ1) is 16.0. The molecule has 0 saturated carbocycles. The molecule has 1 aromatic rings. The smallest absolute Gasteiger partial charge is 0.223 e. The number of rotatable bonds is 1. The molecule has 1 heterocycles. The van der Waals surface area contributed by atoms with Crippen molar-refractivity contribution in [2.75, 3.05) is 13.1 Å². The fraction of sp³-hybridized carbons (Fsp3) is 0.286. The summed E-state index contributed by atoms with van der Waals surface area (Å²) in [6, 6.07) is 7.77. The molecule has 0 atom stereocenters. The van der Waals surface area contributed by atoms with Gasteiger partial charge in [0.05, 0.1) is 5.69 Å². The van der Waals surface area contributed by atoms with Crippen LogP contribution >= 0.6 is 12.4 Å². The molecular formula is C14H20ClN5. The minimum Gasteiger partial charge on any atom is -0.369 e. The highest BCUT2D eigenvalue weighted by Gasteiger charge is 2.08. The molecule has 0 unspecified atom stereocenters. The summed E-state index contributed by atoms with van der Waals surface area (Å²) in [5.41, 5.74) is 13.6. The first-order chi connectivity index (χ1) is 9.15. The molecule has 0 fully saturated rings. The fourth-order valence-electron chi connectivity index (χ4n) is 1.89. The molecule has 6 heteroatoms. The summed E-state index contributed by atoms with van der Waals surface area (Å²) < 4.78 is 0. The van der Waals surface area contributed by atoms with E-state index in [2.05, 4.69) is 22.1 Å². The molecule has 1 aliphatic heterocycles. The third kappa shape index (κ3) is 4.59. The number of nitrogens with two attached hydrogens (primary N) is 2. The van der Waals surface area contributed by atoms with Gasteiger partial charge in [-0.05, 0) is 31.0 Å². The Labute approximate surface area is 125 Å². The van der Waals surface area contributed by atoms with Crippen molar-refractivity contribution in [3.63, 3.8) is 0 Å². The van der Waals surface area contributed by atoms with Crippen molar-refractivity contribution < 1.29 is 0 Å². The number of hydrogen-bond donors (Lipinski definition) is 2. The van der Waals surface area contributed by atoms with Crippen LogP contribution in [-0.4, -0.2) is 29.9 Å². The Morgan fingerprint density at radius 3 is 2.70 bits per heavy atom. The number of halogens is 1.